The highest BCUT2D eigenvalue weighted by molar-refractivity contribution is 9.10. The summed E-state index contributed by atoms with van der Waals surface area (Å²) in [5, 5.41) is 3.65. The summed E-state index contributed by atoms with van der Waals surface area (Å²) >= 11 is 3.57. The molecule has 0 heterocycles. The standard InChI is InChI=1S/C18H27BrFN/c1-18(2,3)21-12-14-7-5-4-6-13(14)10-15-11-16(20)8-9-17(15)19/h8-9,11,13-14,21H,4-7,10,12H2,1-3H3. The molecule has 1 fully saturated rings. The third kappa shape index (κ3) is 5.37. The van der Waals surface area contributed by atoms with Crippen molar-refractivity contribution in [1.82, 2.24) is 5.32 Å². The Morgan fingerprint density at radius 2 is 1.86 bits per heavy atom. The summed E-state index contributed by atoms with van der Waals surface area (Å²) in [6, 6.07) is 5.04. The first kappa shape index (κ1) is 17.0. The Balaban J connectivity index is 2.03. The molecule has 1 N–H and O–H groups in total. The largest absolute Gasteiger partial charge is 0.312 e. The monoisotopic (exact) mass is 355 g/mol. The minimum atomic E-state index is -0.131. The quantitative estimate of drug-likeness (QED) is 0.769. The Morgan fingerprint density at radius 1 is 1.19 bits per heavy atom. The van der Waals surface area contributed by atoms with Crippen LogP contribution >= 0.6 is 15.9 Å². The SMILES string of the molecule is CC(C)(C)NCC1CCCCC1Cc1cc(F)ccc1Br. The second-order valence-corrected chi connectivity index (χ2v) is 8.23. The maximum atomic E-state index is 13.5. The topological polar surface area (TPSA) is 12.0 Å². The molecule has 1 aromatic rings. The molecule has 21 heavy (non-hydrogen) atoms. The normalized spacial score (nSPS) is 23.3. The Morgan fingerprint density at radius 3 is 2.52 bits per heavy atom. The second kappa shape index (κ2) is 7.23. The smallest absolute Gasteiger partial charge is 0.123 e. The molecular formula is C18H27BrFN. The lowest BCUT2D eigenvalue weighted by Crippen LogP contribution is -2.41. The number of nitrogens with one attached hydrogen (secondary N) is 1. The maximum Gasteiger partial charge on any atom is 0.123 e. The van der Waals surface area contributed by atoms with Crippen LogP contribution in [0.5, 0.6) is 0 Å². The van der Waals surface area contributed by atoms with Crippen molar-refractivity contribution in [2.75, 3.05) is 6.54 Å². The molecule has 0 aliphatic heterocycles. The van der Waals surface area contributed by atoms with Crippen molar-refractivity contribution < 1.29 is 4.39 Å². The lowest BCUT2D eigenvalue weighted by atomic mass is 9.76. The predicted octanol–water partition coefficient (Wildman–Crippen LogP) is 5.33. The molecule has 1 aliphatic rings. The van der Waals surface area contributed by atoms with Crippen molar-refractivity contribution in [3.8, 4) is 0 Å². The van der Waals surface area contributed by atoms with Crippen molar-refractivity contribution in [1.29, 1.82) is 0 Å². The van der Waals surface area contributed by atoms with E-state index in [0.29, 0.717) is 11.8 Å². The highest BCUT2D eigenvalue weighted by Gasteiger charge is 2.26. The van der Waals surface area contributed by atoms with Crippen LogP contribution in [0.4, 0.5) is 4.39 Å². The van der Waals surface area contributed by atoms with E-state index in [9.17, 15) is 4.39 Å². The van der Waals surface area contributed by atoms with Gasteiger partial charge in [0.15, 0.2) is 0 Å². The molecule has 0 aromatic heterocycles. The van der Waals surface area contributed by atoms with E-state index in [1.807, 2.05) is 6.07 Å². The van der Waals surface area contributed by atoms with Gasteiger partial charge in [0.1, 0.15) is 5.82 Å². The number of halogens is 2. The summed E-state index contributed by atoms with van der Waals surface area (Å²) < 4.78 is 14.5. The summed E-state index contributed by atoms with van der Waals surface area (Å²) in [6.07, 6.45) is 6.18. The Hall–Kier alpha value is -0.410. The van der Waals surface area contributed by atoms with Crippen LogP contribution in [0.25, 0.3) is 0 Å². The number of benzene rings is 1. The fourth-order valence-corrected chi connectivity index (χ4v) is 3.65. The highest BCUT2D eigenvalue weighted by atomic mass is 79.9. The molecule has 2 atom stereocenters. The van der Waals surface area contributed by atoms with E-state index >= 15 is 0 Å². The molecule has 1 aromatic carbocycles. The minimum Gasteiger partial charge on any atom is -0.312 e. The van der Waals surface area contributed by atoms with Gasteiger partial charge in [0.25, 0.3) is 0 Å². The molecule has 0 bridgehead atoms. The Bertz CT molecular complexity index is 467. The van der Waals surface area contributed by atoms with Crippen LogP contribution in [0.1, 0.15) is 52.0 Å². The van der Waals surface area contributed by atoms with E-state index in [4.69, 9.17) is 0 Å². The van der Waals surface area contributed by atoms with Crippen LogP contribution < -0.4 is 5.32 Å². The van der Waals surface area contributed by atoms with Crippen molar-refractivity contribution in [3.63, 3.8) is 0 Å². The average molecular weight is 356 g/mol. The molecule has 0 radical (unpaired) electrons. The number of rotatable bonds is 4. The number of hydrogen-bond acceptors (Lipinski definition) is 1. The van der Waals surface area contributed by atoms with Gasteiger partial charge in [-0.1, -0.05) is 28.8 Å². The van der Waals surface area contributed by atoms with Gasteiger partial charge in [-0.3, -0.25) is 0 Å². The molecule has 0 amide bonds. The van der Waals surface area contributed by atoms with Crippen molar-refractivity contribution >= 4 is 15.9 Å². The fraction of sp³-hybridized carbons (Fsp3) is 0.667. The van der Waals surface area contributed by atoms with Crippen molar-refractivity contribution in [3.05, 3.63) is 34.1 Å². The second-order valence-electron chi connectivity index (χ2n) is 7.38. The van der Waals surface area contributed by atoms with E-state index in [1.54, 1.807) is 6.07 Å². The van der Waals surface area contributed by atoms with Gasteiger partial charge in [-0.05, 0) is 82.2 Å². The molecule has 2 unspecified atom stereocenters. The lowest BCUT2D eigenvalue weighted by Gasteiger charge is -2.34. The number of hydrogen-bond donors (Lipinski definition) is 1. The average Bonchev–Trinajstić information content (AvgIpc) is 2.41. The Labute approximate surface area is 136 Å². The van der Waals surface area contributed by atoms with Crippen LogP contribution in [0.15, 0.2) is 22.7 Å². The molecular weight excluding hydrogens is 329 g/mol. The third-order valence-corrected chi connectivity index (χ3v) is 5.22. The van der Waals surface area contributed by atoms with E-state index in [1.165, 1.54) is 31.7 Å². The van der Waals surface area contributed by atoms with Gasteiger partial charge in [0.05, 0.1) is 0 Å². The predicted molar refractivity (Wildman–Crippen MR) is 91.0 cm³/mol. The summed E-state index contributed by atoms with van der Waals surface area (Å²) in [5.74, 6) is 1.23. The van der Waals surface area contributed by atoms with Crippen LogP contribution in [0.3, 0.4) is 0 Å². The van der Waals surface area contributed by atoms with Gasteiger partial charge >= 0.3 is 0 Å². The molecule has 3 heteroatoms. The summed E-state index contributed by atoms with van der Waals surface area (Å²) in [6.45, 7) is 7.72. The van der Waals surface area contributed by atoms with E-state index < -0.39 is 0 Å². The molecule has 0 spiro atoms. The van der Waals surface area contributed by atoms with Gasteiger partial charge in [0, 0.05) is 10.0 Å². The minimum absolute atomic E-state index is 0.131. The van der Waals surface area contributed by atoms with Gasteiger partial charge in [-0.25, -0.2) is 4.39 Å². The summed E-state index contributed by atoms with van der Waals surface area (Å²) in [7, 11) is 0. The van der Waals surface area contributed by atoms with E-state index in [2.05, 4.69) is 42.0 Å². The van der Waals surface area contributed by atoms with Crippen LogP contribution in [0.2, 0.25) is 0 Å². The third-order valence-electron chi connectivity index (χ3n) is 4.45. The summed E-state index contributed by atoms with van der Waals surface area (Å²) in [5.41, 5.74) is 1.28. The zero-order chi connectivity index (χ0) is 15.5. The Kier molecular flexibility index (Phi) is 5.84. The first-order valence-corrected chi connectivity index (χ1v) is 8.83. The van der Waals surface area contributed by atoms with Gasteiger partial charge in [0.2, 0.25) is 0 Å². The first-order valence-electron chi connectivity index (χ1n) is 8.04. The maximum absolute atomic E-state index is 13.5. The summed E-state index contributed by atoms with van der Waals surface area (Å²) in [4.78, 5) is 0. The fourth-order valence-electron chi connectivity index (χ4n) is 3.24. The van der Waals surface area contributed by atoms with E-state index in [-0.39, 0.29) is 11.4 Å². The molecule has 1 saturated carbocycles. The molecule has 2 rings (SSSR count). The van der Waals surface area contributed by atoms with Crippen molar-refractivity contribution in [2.24, 2.45) is 11.8 Å². The lowest BCUT2D eigenvalue weighted by molar-refractivity contribution is 0.213. The zero-order valence-corrected chi connectivity index (χ0v) is 15.0. The first-order chi connectivity index (χ1) is 9.85. The molecule has 1 aliphatic carbocycles. The highest BCUT2D eigenvalue weighted by Crippen LogP contribution is 2.34. The zero-order valence-electron chi connectivity index (χ0n) is 13.4. The molecule has 0 saturated heterocycles. The van der Waals surface area contributed by atoms with Crippen LogP contribution in [0, 0.1) is 17.7 Å². The molecule has 118 valence electrons. The van der Waals surface area contributed by atoms with Gasteiger partial charge in [-0.15, -0.1) is 0 Å². The molecule has 1 nitrogen and oxygen atoms in total. The van der Waals surface area contributed by atoms with Crippen LogP contribution in [-0.4, -0.2) is 12.1 Å². The van der Waals surface area contributed by atoms with Crippen molar-refractivity contribution in [2.45, 2.75) is 58.4 Å². The van der Waals surface area contributed by atoms with E-state index in [0.717, 1.165) is 23.0 Å². The van der Waals surface area contributed by atoms with Crippen LogP contribution in [-0.2, 0) is 6.42 Å². The van der Waals surface area contributed by atoms with Gasteiger partial charge < -0.3 is 5.32 Å². The van der Waals surface area contributed by atoms with Gasteiger partial charge in [-0.2, -0.15) is 0 Å².